The van der Waals surface area contributed by atoms with Crippen LogP contribution in [0.3, 0.4) is 0 Å². The molecule has 7 heteroatoms. The molecule has 1 aromatic carbocycles. The number of aryl methyl sites for hydroxylation is 1. The van der Waals surface area contributed by atoms with Crippen LogP contribution in [0.15, 0.2) is 35.2 Å². The molecular formula is C20H22N4OS2. The predicted molar refractivity (Wildman–Crippen MR) is 115 cm³/mol. The minimum absolute atomic E-state index is 0.00765. The second-order valence-corrected chi connectivity index (χ2v) is 8.37. The summed E-state index contributed by atoms with van der Waals surface area (Å²) in [5.41, 5.74) is 2.96. The van der Waals surface area contributed by atoms with E-state index >= 15 is 0 Å². The van der Waals surface area contributed by atoms with Crippen molar-refractivity contribution in [3.05, 3.63) is 46.5 Å². The third-order valence-corrected chi connectivity index (χ3v) is 6.33. The fraction of sp³-hybridized carbons (Fsp3) is 0.350. The molecule has 2 aliphatic heterocycles. The molecule has 1 aromatic heterocycles. The summed E-state index contributed by atoms with van der Waals surface area (Å²) < 4.78 is 2.64. The van der Waals surface area contributed by atoms with Gasteiger partial charge < -0.3 is 4.90 Å². The van der Waals surface area contributed by atoms with E-state index in [1.165, 1.54) is 24.6 Å². The lowest BCUT2D eigenvalue weighted by molar-refractivity contribution is -0.121. The number of nitrogens with zero attached hydrogens (tertiary/aromatic N) is 4. The quantitative estimate of drug-likeness (QED) is 0.575. The Morgan fingerprint density at radius 2 is 1.93 bits per heavy atom. The molecule has 0 radical (unpaired) electrons. The highest BCUT2D eigenvalue weighted by Gasteiger charge is 2.32. The van der Waals surface area contributed by atoms with Gasteiger partial charge in [-0.3, -0.25) is 9.69 Å². The van der Waals surface area contributed by atoms with Crippen molar-refractivity contribution in [3.63, 3.8) is 0 Å². The molecule has 1 amide bonds. The monoisotopic (exact) mass is 398 g/mol. The second-order valence-electron chi connectivity index (χ2n) is 6.69. The average molecular weight is 399 g/mol. The van der Waals surface area contributed by atoms with Crippen molar-refractivity contribution in [2.24, 2.45) is 0 Å². The largest absolute Gasteiger partial charge is 0.356 e. The smallest absolute Gasteiger partial charge is 0.266 e. The number of carbonyl (C=O) groups is 1. The third-order valence-electron chi connectivity index (χ3n) is 4.95. The average Bonchev–Trinajstić information content (AvgIpc) is 3.36. The Kier molecular flexibility index (Phi) is 5.06. The van der Waals surface area contributed by atoms with E-state index in [0.29, 0.717) is 15.8 Å². The van der Waals surface area contributed by atoms with Crippen molar-refractivity contribution in [2.75, 3.05) is 24.5 Å². The maximum atomic E-state index is 12.7. The van der Waals surface area contributed by atoms with Gasteiger partial charge in [-0.1, -0.05) is 42.2 Å². The number of anilines is 1. The first kappa shape index (κ1) is 18.3. The molecule has 2 saturated heterocycles. The number of benzene rings is 1. The summed E-state index contributed by atoms with van der Waals surface area (Å²) in [6.45, 7) is 6.57. The fourth-order valence-corrected chi connectivity index (χ4v) is 4.95. The summed E-state index contributed by atoms with van der Waals surface area (Å²) in [7, 11) is 0. The standard InChI is InChI=1S/C20H22N4OS2/c1-3-23-19(25)17(27-20(23)26)13-16-14(2)21-24(15-9-5-4-6-10-15)18(16)22-11-7-8-12-22/h4-6,9-10,13H,3,7-8,11-12H2,1-2H3/b17-13-. The van der Waals surface area contributed by atoms with Gasteiger partial charge in [-0.25, -0.2) is 4.68 Å². The lowest BCUT2D eigenvalue weighted by atomic mass is 10.2. The lowest BCUT2D eigenvalue weighted by Crippen LogP contribution is -2.27. The summed E-state index contributed by atoms with van der Waals surface area (Å²) in [4.78, 5) is 17.4. The van der Waals surface area contributed by atoms with Crippen molar-refractivity contribution in [2.45, 2.75) is 26.7 Å². The van der Waals surface area contributed by atoms with Gasteiger partial charge in [0.05, 0.1) is 16.3 Å². The topological polar surface area (TPSA) is 41.4 Å². The van der Waals surface area contributed by atoms with Crippen LogP contribution in [0.2, 0.25) is 0 Å². The number of hydrogen-bond donors (Lipinski definition) is 0. The zero-order valence-electron chi connectivity index (χ0n) is 15.5. The molecule has 0 spiro atoms. The van der Waals surface area contributed by atoms with Gasteiger partial charge in [0.25, 0.3) is 5.91 Å². The molecule has 2 aromatic rings. The highest BCUT2D eigenvalue weighted by atomic mass is 32.2. The van der Waals surface area contributed by atoms with Crippen molar-refractivity contribution in [1.82, 2.24) is 14.7 Å². The van der Waals surface area contributed by atoms with E-state index in [2.05, 4.69) is 17.0 Å². The van der Waals surface area contributed by atoms with Gasteiger partial charge >= 0.3 is 0 Å². The van der Waals surface area contributed by atoms with Crippen LogP contribution < -0.4 is 4.90 Å². The number of hydrogen-bond acceptors (Lipinski definition) is 5. The number of para-hydroxylation sites is 1. The summed E-state index contributed by atoms with van der Waals surface area (Å²) >= 11 is 6.74. The molecular weight excluding hydrogens is 376 g/mol. The van der Waals surface area contributed by atoms with Gasteiger partial charge in [0.15, 0.2) is 0 Å². The van der Waals surface area contributed by atoms with Gasteiger partial charge in [0, 0.05) is 25.2 Å². The maximum absolute atomic E-state index is 12.7. The van der Waals surface area contributed by atoms with Crippen molar-refractivity contribution < 1.29 is 4.79 Å². The first-order valence-electron chi connectivity index (χ1n) is 9.25. The van der Waals surface area contributed by atoms with Crippen LogP contribution in [0.25, 0.3) is 11.8 Å². The molecule has 0 aliphatic carbocycles. The van der Waals surface area contributed by atoms with E-state index in [1.54, 1.807) is 4.90 Å². The molecule has 0 bridgehead atoms. The van der Waals surface area contributed by atoms with E-state index < -0.39 is 0 Å². The Morgan fingerprint density at radius 1 is 1.22 bits per heavy atom. The SMILES string of the molecule is CCN1C(=O)/C(=C/c2c(C)nn(-c3ccccc3)c2N2CCCC2)SC1=S. The zero-order valence-corrected chi connectivity index (χ0v) is 17.1. The number of thioether (sulfide) groups is 1. The van der Waals surface area contributed by atoms with Crippen molar-refractivity contribution in [3.8, 4) is 5.69 Å². The van der Waals surface area contributed by atoms with E-state index in [0.717, 1.165) is 35.9 Å². The zero-order chi connectivity index (χ0) is 19.0. The first-order chi connectivity index (χ1) is 13.1. The van der Waals surface area contributed by atoms with Crippen molar-refractivity contribution in [1.29, 1.82) is 0 Å². The minimum atomic E-state index is -0.00765. The van der Waals surface area contributed by atoms with Crippen LogP contribution >= 0.6 is 24.0 Å². The van der Waals surface area contributed by atoms with Crippen molar-refractivity contribution >= 4 is 46.1 Å². The summed E-state index contributed by atoms with van der Waals surface area (Å²) in [5.74, 6) is 1.06. The number of likely N-dealkylation sites (N-methyl/N-ethyl adjacent to an activating group) is 1. The molecule has 0 unspecified atom stereocenters. The van der Waals surface area contributed by atoms with E-state index in [-0.39, 0.29) is 5.91 Å². The van der Waals surface area contributed by atoms with Crippen LogP contribution in [-0.2, 0) is 4.79 Å². The summed E-state index contributed by atoms with van der Waals surface area (Å²) in [5, 5.41) is 4.81. The fourth-order valence-electron chi connectivity index (χ4n) is 3.58. The van der Waals surface area contributed by atoms with Crippen LogP contribution in [0.5, 0.6) is 0 Å². The Bertz CT molecular complexity index is 914. The van der Waals surface area contributed by atoms with Gasteiger partial charge in [-0.05, 0) is 44.9 Å². The molecule has 3 heterocycles. The number of thiocarbonyl (C=S) groups is 1. The highest BCUT2D eigenvalue weighted by molar-refractivity contribution is 8.26. The van der Waals surface area contributed by atoms with Gasteiger partial charge in [0.2, 0.25) is 0 Å². The Labute approximate surface area is 169 Å². The molecule has 0 saturated carbocycles. The summed E-state index contributed by atoms with van der Waals surface area (Å²) in [6, 6.07) is 10.2. The molecule has 5 nitrogen and oxygen atoms in total. The number of carbonyl (C=O) groups excluding carboxylic acids is 1. The number of rotatable bonds is 4. The maximum Gasteiger partial charge on any atom is 0.266 e. The number of aromatic nitrogens is 2. The van der Waals surface area contributed by atoms with Crippen LogP contribution in [0.1, 0.15) is 31.0 Å². The van der Waals surface area contributed by atoms with E-state index in [1.807, 2.05) is 42.8 Å². The molecule has 27 heavy (non-hydrogen) atoms. The predicted octanol–water partition coefficient (Wildman–Crippen LogP) is 4.00. The van der Waals surface area contributed by atoms with E-state index in [4.69, 9.17) is 17.3 Å². The highest BCUT2D eigenvalue weighted by Crippen LogP contribution is 2.37. The molecule has 2 fully saturated rings. The first-order valence-corrected chi connectivity index (χ1v) is 10.5. The molecule has 2 aliphatic rings. The van der Waals surface area contributed by atoms with Crippen LogP contribution in [-0.4, -0.2) is 44.5 Å². The summed E-state index contributed by atoms with van der Waals surface area (Å²) in [6.07, 6.45) is 4.33. The molecule has 4 rings (SSSR count). The Balaban J connectivity index is 1.83. The van der Waals surface area contributed by atoms with Gasteiger partial charge in [-0.15, -0.1) is 0 Å². The Morgan fingerprint density at radius 3 is 2.56 bits per heavy atom. The second kappa shape index (κ2) is 7.48. The van der Waals surface area contributed by atoms with Gasteiger partial charge in [0.1, 0.15) is 10.1 Å². The molecule has 0 atom stereocenters. The van der Waals surface area contributed by atoms with Crippen LogP contribution in [0, 0.1) is 6.92 Å². The Hall–Kier alpha value is -2.12. The minimum Gasteiger partial charge on any atom is -0.356 e. The normalized spacial score (nSPS) is 19.0. The number of amides is 1. The molecule has 140 valence electrons. The van der Waals surface area contributed by atoms with E-state index in [9.17, 15) is 4.79 Å². The lowest BCUT2D eigenvalue weighted by Gasteiger charge is -2.20. The molecule has 0 N–H and O–H groups in total. The third kappa shape index (κ3) is 3.30. The van der Waals surface area contributed by atoms with Crippen LogP contribution in [0.4, 0.5) is 5.82 Å². The van der Waals surface area contributed by atoms with Gasteiger partial charge in [-0.2, -0.15) is 5.10 Å².